The highest BCUT2D eigenvalue weighted by atomic mass is 35.5. The van der Waals surface area contributed by atoms with Gasteiger partial charge in [0, 0.05) is 6.54 Å². The molecule has 0 aromatic carbocycles. The molecule has 0 saturated carbocycles. The van der Waals surface area contributed by atoms with Crippen LogP contribution in [0, 0.1) is 0 Å². The first kappa shape index (κ1) is 10.9. The van der Waals surface area contributed by atoms with E-state index < -0.39 is 0 Å². The maximum atomic E-state index is 5.59. The summed E-state index contributed by atoms with van der Waals surface area (Å²) >= 11 is 11.1. The quantitative estimate of drug-likeness (QED) is 0.774. The van der Waals surface area contributed by atoms with E-state index >= 15 is 0 Å². The standard InChI is InChI=1S/C5H5Cl2N3.ClH/c6-4-2-9-3(1-8)5(7)10-4;/h2H,1,8H2;1H. The van der Waals surface area contributed by atoms with E-state index in [0.29, 0.717) is 5.69 Å². The van der Waals surface area contributed by atoms with Gasteiger partial charge >= 0.3 is 0 Å². The molecule has 3 nitrogen and oxygen atoms in total. The van der Waals surface area contributed by atoms with Crippen molar-refractivity contribution in [2.45, 2.75) is 6.54 Å². The van der Waals surface area contributed by atoms with E-state index in [2.05, 4.69) is 9.97 Å². The second-order valence-electron chi connectivity index (χ2n) is 1.63. The summed E-state index contributed by atoms with van der Waals surface area (Å²) in [6.45, 7) is 0.281. The van der Waals surface area contributed by atoms with Crippen LogP contribution in [-0.2, 0) is 6.54 Å². The van der Waals surface area contributed by atoms with Crippen molar-refractivity contribution in [1.82, 2.24) is 9.97 Å². The summed E-state index contributed by atoms with van der Waals surface area (Å²) in [4.78, 5) is 7.58. The van der Waals surface area contributed by atoms with Crippen molar-refractivity contribution in [2.75, 3.05) is 0 Å². The van der Waals surface area contributed by atoms with Gasteiger partial charge in [0.05, 0.1) is 11.9 Å². The lowest BCUT2D eigenvalue weighted by Crippen LogP contribution is -2.01. The Labute approximate surface area is 80.3 Å². The molecular formula is C5H6Cl3N3. The SMILES string of the molecule is Cl.NCc1ncc(Cl)nc1Cl. The van der Waals surface area contributed by atoms with Crippen LogP contribution in [0.2, 0.25) is 10.3 Å². The molecule has 1 aromatic heterocycles. The lowest BCUT2D eigenvalue weighted by molar-refractivity contribution is 0.964. The third kappa shape index (κ3) is 2.79. The Morgan fingerprint density at radius 2 is 2.09 bits per heavy atom. The third-order valence-electron chi connectivity index (χ3n) is 0.963. The monoisotopic (exact) mass is 213 g/mol. The minimum Gasteiger partial charge on any atom is -0.325 e. The lowest BCUT2D eigenvalue weighted by atomic mass is 10.5. The number of nitrogens with zero attached hydrogens (tertiary/aromatic N) is 2. The summed E-state index contributed by atoms with van der Waals surface area (Å²) in [6, 6.07) is 0. The first-order chi connectivity index (χ1) is 4.74. The molecule has 1 aromatic rings. The van der Waals surface area contributed by atoms with Crippen molar-refractivity contribution in [3.8, 4) is 0 Å². The van der Waals surface area contributed by atoms with Crippen molar-refractivity contribution in [1.29, 1.82) is 0 Å². The van der Waals surface area contributed by atoms with Gasteiger partial charge in [-0.3, -0.25) is 4.98 Å². The second kappa shape index (κ2) is 4.72. The van der Waals surface area contributed by atoms with Crippen molar-refractivity contribution in [2.24, 2.45) is 5.73 Å². The van der Waals surface area contributed by atoms with E-state index in [1.807, 2.05) is 0 Å². The molecule has 0 spiro atoms. The molecule has 0 aliphatic heterocycles. The van der Waals surface area contributed by atoms with Gasteiger partial charge in [-0.1, -0.05) is 23.2 Å². The second-order valence-corrected chi connectivity index (χ2v) is 2.38. The van der Waals surface area contributed by atoms with Gasteiger partial charge < -0.3 is 5.73 Å². The van der Waals surface area contributed by atoms with E-state index in [4.69, 9.17) is 28.9 Å². The summed E-state index contributed by atoms with van der Waals surface area (Å²) < 4.78 is 0. The zero-order valence-corrected chi connectivity index (χ0v) is 7.75. The maximum absolute atomic E-state index is 5.59. The molecular weight excluding hydrogens is 208 g/mol. The van der Waals surface area contributed by atoms with Crippen LogP contribution in [0.1, 0.15) is 5.69 Å². The fourth-order valence-electron chi connectivity index (χ4n) is 0.509. The molecule has 11 heavy (non-hydrogen) atoms. The Balaban J connectivity index is 0.000001000. The van der Waals surface area contributed by atoms with Gasteiger partial charge in [-0.05, 0) is 0 Å². The minimum absolute atomic E-state index is 0. The van der Waals surface area contributed by atoms with Crippen molar-refractivity contribution < 1.29 is 0 Å². The number of hydrogen-bond donors (Lipinski definition) is 1. The van der Waals surface area contributed by atoms with Crippen molar-refractivity contribution in [3.63, 3.8) is 0 Å². The highest BCUT2D eigenvalue weighted by molar-refractivity contribution is 6.32. The van der Waals surface area contributed by atoms with Crippen LogP contribution >= 0.6 is 35.6 Å². The molecule has 1 heterocycles. The average Bonchev–Trinajstić information content (AvgIpc) is 1.88. The van der Waals surface area contributed by atoms with Crippen molar-refractivity contribution >= 4 is 35.6 Å². The predicted octanol–water partition coefficient (Wildman–Crippen LogP) is 1.66. The summed E-state index contributed by atoms with van der Waals surface area (Å²) in [5, 5.41) is 0.553. The molecule has 6 heteroatoms. The molecule has 62 valence electrons. The Kier molecular flexibility index (Phi) is 4.68. The lowest BCUT2D eigenvalue weighted by Gasteiger charge is -1.96. The van der Waals surface area contributed by atoms with Gasteiger partial charge in [0.2, 0.25) is 0 Å². The Hall–Kier alpha value is -0.0900. The van der Waals surface area contributed by atoms with Crippen LogP contribution in [0.3, 0.4) is 0 Å². The molecule has 0 saturated heterocycles. The Bertz CT molecular complexity index is 240. The number of rotatable bonds is 1. The Morgan fingerprint density at radius 3 is 2.55 bits per heavy atom. The first-order valence-electron chi connectivity index (χ1n) is 2.61. The molecule has 0 bridgehead atoms. The highest BCUT2D eigenvalue weighted by Crippen LogP contribution is 2.12. The van der Waals surface area contributed by atoms with Crippen LogP contribution in [0.5, 0.6) is 0 Å². The number of nitrogens with two attached hydrogens (primary N) is 1. The Morgan fingerprint density at radius 1 is 1.45 bits per heavy atom. The molecule has 0 radical (unpaired) electrons. The van der Waals surface area contributed by atoms with Crippen LogP contribution < -0.4 is 5.73 Å². The maximum Gasteiger partial charge on any atom is 0.153 e. The fraction of sp³-hybridized carbons (Fsp3) is 0.200. The molecule has 0 fully saturated rings. The largest absolute Gasteiger partial charge is 0.325 e. The van der Waals surface area contributed by atoms with Crippen LogP contribution in [-0.4, -0.2) is 9.97 Å². The van der Waals surface area contributed by atoms with Crippen LogP contribution in [0.25, 0.3) is 0 Å². The molecule has 0 atom stereocenters. The van der Waals surface area contributed by atoms with E-state index in [-0.39, 0.29) is 29.3 Å². The minimum atomic E-state index is 0. The van der Waals surface area contributed by atoms with Crippen LogP contribution in [0.4, 0.5) is 0 Å². The molecule has 0 amide bonds. The normalized spacial score (nSPS) is 9.00. The van der Waals surface area contributed by atoms with E-state index in [0.717, 1.165) is 0 Å². The highest BCUT2D eigenvalue weighted by Gasteiger charge is 2.00. The zero-order chi connectivity index (χ0) is 7.56. The van der Waals surface area contributed by atoms with E-state index in [9.17, 15) is 0 Å². The summed E-state index contributed by atoms with van der Waals surface area (Å²) in [7, 11) is 0. The number of aromatic nitrogens is 2. The van der Waals surface area contributed by atoms with E-state index in [1.165, 1.54) is 6.20 Å². The predicted molar refractivity (Wildman–Crippen MR) is 47.2 cm³/mol. The van der Waals surface area contributed by atoms with Gasteiger partial charge in [0.1, 0.15) is 5.15 Å². The summed E-state index contributed by atoms with van der Waals surface area (Å²) in [5.41, 5.74) is 5.83. The van der Waals surface area contributed by atoms with Crippen molar-refractivity contribution in [3.05, 3.63) is 22.2 Å². The number of hydrogen-bond acceptors (Lipinski definition) is 3. The van der Waals surface area contributed by atoms with Gasteiger partial charge in [-0.2, -0.15) is 0 Å². The fourth-order valence-corrected chi connectivity index (χ4v) is 0.902. The number of halogens is 3. The zero-order valence-electron chi connectivity index (χ0n) is 5.42. The summed E-state index contributed by atoms with van der Waals surface area (Å²) in [5.74, 6) is 0. The molecule has 0 unspecified atom stereocenters. The van der Waals surface area contributed by atoms with Gasteiger partial charge in [0.15, 0.2) is 5.15 Å². The van der Waals surface area contributed by atoms with Gasteiger partial charge in [0.25, 0.3) is 0 Å². The van der Waals surface area contributed by atoms with Gasteiger partial charge in [-0.25, -0.2) is 4.98 Å². The average molecular weight is 214 g/mol. The topological polar surface area (TPSA) is 51.8 Å². The molecule has 0 aliphatic rings. The summed E-state index contributed by atoms with van der Waals surface area (Å²) in [6.07, 6.45) is 1.41. The smallest absolute Gasteiger partial charge is 0.153 e. The van der Waals surface area contributed by atoms with Crippen LogP contribution in [0.15, 0.2) is 6.20 Å². The third-order valence-corrected chi connectivity index (χ3v) is 1.45. The molecule has 1 rings (SSSR count). The molecule has 0 aliphatic carbocycles. The molecule has 2 N–H and O–H groups in total. The van der Waals surface area contributed by atoms with Gasteiger partial charge in [-0.15, -0.1) is 12.4 Å². The first-order valence-corrected chi connectivity index (χ1v) is 3.36. The van der Waals surface area contributed by atoms with E-state index in [1.54, 1.807) is 0 Å².